The van der Waals surface area contributed by atoms with Crippen LogP contribution in [0.2, 0.25) is 5.15 Å². The third-order valence-corrected chi connectivity index (χ3v) is 2.97. The van der Waals surface area contributed by atoms with E-state index in [9.17, 15) is 4.79 Å². The molecule has 2 aromatic rings. The first-order valence-corrected chi connectivity index (χ1v) is 6.02. The summed E-state index contributed by atoms with van der Waals surface area (Å²) < 4.78 is 0.815. The van der Waals surface area contributed by atoms with Gasteiger partial charge in [-0.15, -0.1) is 0 Å². The Bertz CT molecular complexity index is 560. The Morgan fingerprint density at radius 3 is 2.65 bits per heavy atom. The fourth-order valence-electron chi connectivity index (χ4n) is 1.28. The lowest BCUT2D eigenvalue weighted by Crippen LogP contribution is -2.13. The highest BCUT2D eigenvalue weighted by Crippen LogP contribution is 2.21. The number of carbonyl (C=O) groups is 1. The molecule has 17 heavy (non-hydrogen) atoms. The van der Waals surface area contributed by atoms with Crippen LogP contribution in [0.3, 0.4) is 0 Å². The molecule has 0 aliphatic heterocycles. The van der Waals surface area contributed by atoms with Crippen LogP contribution >= 0.6 is 27.5 Å². The summed E-state index contributed by atoms with van der Waals surface area (Å²) in [6.07, 6.45) is 0. The highest BCUT2D eigenvalue weighted by molar-refractivity contribution is 9.10. The van der Waals surface area contributed by atoms with Crippen molar-refractivity contribution in [2.75, 3.05) is 5.32 Å². The Labute approximate surface area is 112 Å². The molecule has 0 unspecified atom stereocenters. The van der Waals surface area contributed by atoms with Crippen LogP contribution in [-0.4, -0.2) is 10.9 Å². The largest absolute Gasteiger partial charge is 0.320 e. The van der Waals surface area contributed by atoms with Gasteiger partial charge >= 0.3 is 0 Å². The van der Waals surface area contributed by atoms with E-state index in [4.69, 9.17) is 11.6 Å². The molecule has 0 saturated carbocycles. The molecular formula is C12H8BrClN2O. The molecule has 0 radical (unpaired) electrons. The number of hydrogen-bond acceptors (Lipinski definition) is 2. The Morgan fingerprint density at radius 2 is 1.94 bits per heavy atom. The summed E-state index contributed by atoms with van der Waals surface area (Å²) in [6, 6.07) is 12.3. The molecule has 0 aliphatic rings. The first-order chi connectivity index (χ1) is 8.16. The fourth-order valence-corrected chi connectivity index (χ4v) is 1.83. The van der Waals surface area contributed by atoms with Gasteiger partial charge < -0.3 is 5.32 Å². The number of benzene rings is 1. The van der Waals surface area contributed by atoms with Crippen LogP contribution in [0, 0.1) is 0 Å². The van der Waals surface area contributed by atoms with E-state index in [0.29, 0.717) is 10.8 Å². The van der Waals surface area contributed by atoms with Gasteiger partial charge in [0, 0.05) is 4.47 Å². The summed E-state index contributed by atoms with van der Waals surface area (Å²) in [7, 11) is 0. The molecule has 0 saturated heterocycles. The van der Waals surface area contributed by atoms with Gasteiger partial charge in [-0.3, -0.25) is 4.79 Å². The van der Waals surface area contributed by atoms with Gasteiger partial charge in [0.1, 0.15) is 10.8 Å². The average Bonchev–Trinajstić information content (AvgIpc) is 2.32. The van der Waals surface area contributed by atoms with Gasteiger partial charge in [-0.05, 0) is 40.2 Å². The summed E-state index contributed by atoms with van der Waals surface area (Å²) in [6.45, 7) is 0. The molecule has 5 heteroatoms. The van der Waals surface area contributed by atoms with E-state index >= 15 is 0 Å². The van der Waals surface area contributed by atoms with Crippen molar-refractivity contribution in [2.24, 2.45) is 0 Å². The van der Waals surface area contributed by atoms with Crippen molar-refractivity contribution in [3.05, 3.63) is 57.8 Å². The predicted molar refractivity (Wildman–Crippen MR) is 71.3 cm³/mol. The third-order valence-electron chi connectivity index (χ3n) is 2.07. The van der Waals surface area contributed by atoms with Gasteiger partial charge in [0.15, 0.2) is 0 Å². The number of nitrogens with one attached hydrogen (secondary N) is 1. The van der Waals surface area contributed by atoms with Gasteiger partial charge in [-0.1, -0.05) is 29.8 Å². The Hall–Kier alpha value is -1.39. The van der Waals surface area contributed by atoms with Crippen molar-refractivity contribution in [1.82, 2.24) is 4.98 Å². The minimum absolute atomic E-state index is 0.285. The molecule has 0 aliphatic carbocycles. The molecule has 3 nitrogen and oxygen atoms in total. The van der Waals surface area contributed by atoms with E-state index in [0.717, 1.165) is 4.47 Å². The van der Waals surface area contributed by atoms with E-state index in [1.807, 2.05) is 18.2 Å². The lowest BCUT2D eigenvalue weighted by atomic mass is 10.3. The summed E-state index contributed by atoms with van der Waals surface area (Å²) in [5, 5.41) is 3.04. The zero-order valence-electron chi connectivity index (χ0n) is 8.65. The summed E-state index contributed by atoms with van der Waals surface area (Å²) in [4.78, 5) is 15.8. The number of anilines is 1. The van der Waals surface area contributed by atoms with E-state index in [-0.39, 0.29) is 11.6 Å². The standard InChI is InChI=1S/C12H8BrClN2O/c13-8-4-1-2-5-9(8)16-12(17)10-6-3-7-11(14)15-10/h1-7H,(H,16,17). The maximum atomic E-state index is 11.9. The summed E-state index contributed by atoms with van der Waals surface area (Å²) in [5.74, 6) is -0.292. The van der Waals surface area contributed by atoms with E-state index in [1.165, 1.54) is 0 Å². The Morgan fingerprint density at radius 1 is 1.18 bits per heavy atom. The molecule has 0 fully saturated rings. The number of nitrogens with zero attached hydrogens (tertiary/aromatic N) is 1. The minimum Gasteiger partial charge on any atom is -0.320 e. The van der Waals surface area contributed by atoms with Crippen LogP contribution in [0.4, 0.5) is 5.69 Å². The van der Waals surface area contributed by atoms with Crippen LogP contribution in [0.1, 0.15) is 10.5 Å². The van der Waals surface area contributed by atoms with Crippen LogP contribution in [0.25, 0.3) is 0 Å². The molecule has 1 amide bonds. The number of halogens is 2. The van der Waals surface area contributed by atoms with E-state index < -0.39 is 0 Å². The van der Waals surface area contributed by atoms with Crippen molar-refractivity contribution in [3.8, 4) is 0 Å². The van der Waals surface area contributed by atoms with Crippen molar-refractivity contribution >= 4 is 39.1 Å². The number of hydrogen-bond donors (Lipinski definition) is 1. The molecule has 0 atom stereocenters. The maximum Gasteiger partial charge on any atom is 0.274 e. The van der Waals surface area contributed by atoms with Crippen LogP contribution < -0.4 is 5.32 Å². The lowest BCUT2D eigenvalue weighted by molar-refractivity contribution is 0.102. The highest BCUT2D eigenvalue weighted by atomic mass is 79.9. The van der Waals surface area contributed by atoms with Crippen LogP contribution in [0.15, 0.2) is 46.9 Å². The van der Waals surface area contributed by atoms with Crippen LogP contribution in [-0.2, 0) is 0 Å². The van der Waals surface area contributed by atoms with Gasteiger partial charge in [-0.25, -0.2) is 4.98 Å². The molecule has 86 valence electrons. The second kappa shape index (κ2) is 5.29. The van der Waals surface area contributed by atoms with Crippen molar-refractivity contribution in [2.45, 2.75) is 0 Å². The third kappa shape index (κ3) is 3.05. The molecule has 1 aromatic heterocycles. The van der Waals surface area contributed by atoms with Crippen molar-refractivity contribution in [3.63, 3.8) is 0 Å². The molecule has 1 heterocycles. The van der Waals surface area contributed by atoms with Crippen molar-refractivity contribution < 1.29 is 4.79 Å². The number of para-hydroxylation sites is 1. The van der Waals surface area contributed by atoms with Gasteiger partial charge in [0.25, 0.3) is 5.91 Å². The number of carbonyl (C=O) groups excluding carboxylic acids is 1. The maximum absolute atomic E-state index is 11.9. The zero-order chi connectivity index (χ0) is 12.3. The Balaban J connectivity index is 2.20. The molecule has 1 N–H and O–H groups in total. The second-order valence-corrected chi connectivity index (χ2v) is 4.52. The number of amides is 1. The van der Waals surface area contributed by atoms with Crippen LogP contribution in [0.5, 0.6) is 0 Å². The van der Waals surface area contributed by atoms with E-state index in [2.05, 4.69) is 26.2 Å². The fraction of sp³-hybridized carbons (Fsp3) is 0. The van der Waals surface area contributed by atoms with Gasteiger partial charge in [0.2, 0.25) is 0 Å². The number of aromatic nitrogens is 1. The summed E-state index contributed by atoms with van der Waals surface area (Å²) >= 11 is 9.07. The highest BCUT2D eigenvalue weighted by Gasteiger charge is 2.09. The van der Waals surface area contributed by atoms with Gasteiger partial charge in [-0.2, -0.15) is 0 Å². The molecule has 0 spiro atoms. The molecular weight excluding hydrogens is 304 g/mol. The SMILES string of the molecule is O=C(Nc1ccccc1Br)c1cccc(Cl)n1. The average molecular weight is 312 g/mol. The quantitative estimate of drug-likeness (QED) is 0.858. The van der Waals surface area contributed by atoms with Crippen molar-refractivity contribution in [1.29, 1.82) is 0 Å². The molecule has 0 bridgehead atoms. The monoisotopic (exact) mass is 310 g/mol. The Kier molecular flexibility index (Phi) is 3.76. The number of rotatable bonds is 2. The smallest absolute Gasteiger partial charge is 0.274 e. The lowest BCUT2D eigenvalue weighted by Gasteiger charge is -2.06. The molecule has 2 rings (SSSR count). The first kappa shape index (κ1) is 12.1. The topological polar surface area (TPSA) is 42.0 Å². The van der Waals surface area contributed by atoms with Gasteiger partial charge in [0.05, 0.1) is 5.69 Å². The summed E-state index contributed by atoms with van der Waals surface area (Å²) in [5.41, 5.74) is 0.979. The minimum atomic E-state index is -0.292. The predicted octanol–water partition coefficient (Wildman–Crippen LogP) is 3.75. The normalized spacial score (nSPS) is 10.0. The molecule has 1 aromatic carbocycles. The first-order valence-electron chi connectivity index (χ1n) is 4.85. The second-order valence-electron chi connectivity index (χ2n) is 3.28. The number of pyridine rings is 1. The van der Waals surface area contributed by atoms with E-state index in [1.54, 1.807) is 24.3 Å². The zero-order valence-corrected chi connectivity index (χ0v) is 11.0.